The van der Waals surface area contributed by atoms with Gasteiger partial charge in [0.25, 0.3) is 0 Å². The number of nitrogens with zero attached hydrogens (tertiary/aromatic N) is 1. The Hall–Kier alpha value is -0.960. The summed E-state index contributed by atoms with van der Waals surface area (Å²) in [4.78, 5) is 0. The third-order valence-electron chi connectivity index (χ3n) is 3.57. The molecule has 16 heavy (non-hydrogen) atoms. The number of aromatic nitrogens is 1. The van der Waals surface area contributed by atoms with Crippen LogP contribution in [0.1, 0.15) is 37.1 Å². The van der Waals surface area contributed by atoms with Crippen molar-refractivity contribution in [2.75, 3.05) is 12.5 Å². The quantitative estimate of drug-likeness (QED) is 0.850. The van der Waals surface area contributed by atoms with Gasteiger partial charge in [0.1, 0.15) is 0 Å². The zero-order valence-corrected chi connectivity index (χ0v) is 10.5. The van der Waals surface area contributed by atoms with Gasteiger partial charge in [0.15, 0.2) is 0 Å². The van der Waals surface area contributed by atoms with Gasteiger partial charge in [-0.05, 0) is 38.8 Å². The lowest BCUT2D eigenvalue weighted by Gasteiger charge is -2.32. The molecule has 90 valence electrons. The van der Waals surface area contributed by atoms with E-state index in [1.807, 2.05) is 7.11 Å². The maximum Gasteiger partial charge on any atom is 0.0787 e. The van der Waals surface area contributed by atoms with Gasteiger partial charge < -0.3 is 10.2 Å². The summed E-state index contributed by atoms with van der Waals surface area (Å²) in [6, 6.07) is 4.74. The SMILES string of the molecule is COC1CCCCC1Nn1c(C)ccc1C. The molecule has 2 rings (SSSR count). The van der Waals surface area contributed by atoms with Gasteiger partial charge in [-0.2, -0.15) is 0 Å². The highest BCUT2D eigenvalue weighted by Gasteiger charge is 2.25. The van der Waals surface area contributed by atoms with Gasteiger partial charge in [0.2, 0.25) is 0 Å². The number of nitrogens with one attached hydrogen (secondary N) is 1. The average Bonchev–Trinajstić information content (AvgIpc) is 2.61. The second kappa shape index (κ2) is 4.91. The monoisotopic (exact) mass is 222 g/mol. The molecule has 1 aliphatic carbocycles. The highest BCUT2D eigenvalue weighted by atomic mass is 16.5. The molecule has 3 heteroatoms. The van der Waals surface area contributed by atoms with Gasteiger partial charge in [0.05, 0.1) is 12.1 Å². The summed E-state index contributed by atoms with van der Waals surface area (Å²) < 4.78 is 7.74. The van der Waals surface area contributed by atoms with E-state index in [1.165, 1.54) is 37.1 Å². The smallest absolute Gasteiger partial charge is 0.0787 e. The lowest BCUT2D eigenvalue weighted by atomic mass is 9.93. The molecule has 1 N–H and O–H groups in total. The van der Waals surface area contributed by atoms with E-state index in [0.29, 0.717) is 12.1 Å². The van der Waals surface area contributed by atoms with Crippen molar-refractivity contribution in [3.05, 3.63) is 23.5 Å². The third-order valence-corrected chi connectivity index (χ3v) is 3.57. The molecule has 0 amide bonds. The van der Waals surface area contributed by atoms with Gasteiger partial charge >= 0.3 is 0 Å². The van der Waals surface area contributed by atoms with Crippen LogP contribution in [0.5, 0.6) is 0 Å². The fourth-order valence-electron chi connectivity index (χ4n) is 2.56. The van der Waals surface area contributed by atoms with Crippen LogP contribution in [0.4, 0.5) is 0 Å². The van der Waals surface area contributed by atoms with Gasteiger partial charge in [-0.3, -0.25) is 4.68 Å². The maximum absolute atomic E-state index is 5.56. The van der Waals surface area contributed by atoms with Crippen LogP contribution in [-0.2, 0) is 4.74 Å². The molecule has 0 bridgehead atoms. The standard InChI is InChI=1S/C13H22N2O/c1-10-8-9-11(2)15(10)14-12-6-4-5-7-13(12)16-3/h8-9,12-14H,4-7H2,1-3H3. The summed E-state index contributed by atoms with van der Waals surface area (Å²) in [5.74, 6) is 0. The fraction of sp³-hybridized carbons (Fsp3) is 0.692. The largest absolute Gasteiger partial charge is 0.379 e. The molecule has 2 unspecified atom stereocenters. The van der Waals surface area contributed by atoms with Crippen molar-refractivity contribution >= 4 is 0 Å². The molecule has 1 aromatic heterocycles. The molecule has 0 saturated heterocycles. The highest BCUT2D eigenvalue weighted by Crippen LogP contribution is 2.22. The molecule has 0 spiro atoms. The molecule has 3 nitrogen and oxygen atoms in total. The Morgan fingerprint density at radius 3 is 2.44 bits per heavy atom. The van der Waals surface area contributed by atoms with E-state index in [2.05, 4.69) is 36.1 Å². The van der Waals surface area contributed by atoms with E-state index in [-0.39, 0.29) is 0 Å². The van der Waals surface area contributed by atoms with Crippen LogP contribution in [-0.4, -0.2) is 23.9 Å². The normalized spacial score (nSPS) is 25.7. The zero-order valence-electron chi connectivity index (χ0n) is 10.5. The van der Waals surface area contributed by atoms with Crippen molar-refractivity contribution in [1.29, 1.82) is 0 Å². The van der Waals surface area contributed by atoms with Crippen molar-refractivity contribution < 1.29 is 4.74 Å². The summed E-state index contributed by atoms with van der Waals surface area (Å²) >= 11 is 0. The first-order valence-corrected chi connectivity index (χ1v) is 6.16. The molecule has 0 radical (unpaired) electrons. The number of rotatable bonds is 3. The Labute approximate surface area is 97.8 Å². The second-order valence-electron chi connectivity index (χ2n) is 4.75. The predicted octanol–water partition coefficient (Wildman–Crippen LogP) is 2.61. The molecular formula is C13H22N2O. The average molecular weight is 222 g/mol. The first-order chi connectivity index (χ1) is 7.72. The van der Waals surface area contributed by atoms with Crippen LogP contribution < -0.4 is 5.43 Å². The van der Waals surface area contributed by atoms with Crippen LogP contribution >= 0.6 is 0 Å². The van der Waals surface area contributed by atoms with Crippen molar-refractivity contribution in [1.82, 2.24) is 4.68 Å². The molecule has 1 fully saturated rings. The van der Waals surface area contributed by atoms with Gasteiger partial charge in [-0.15, -0.1) is 0 Å². The Morgan fingerprint density at radius 1 is 1.19 bits per heavy atom. The van der Waals surface area contributed by atoms with Gasteiger partial charge in [-0.25, -0.2) is 0 Å². The molecule has 1 aromatic rings. The summed E-state index contributed by atoms with van der Waals surface area (Å²) in [6.45, 7) is 4.26. The van der Waals surface area contributed by atoms with Crippen molar-refractivity contribution in [3.8, 4) is 0 Å². The van der Waals surface area contributed by atoms with Crippen LogP contribution in [0.25, 0.3) is 0 Å². The lowest BCUT2D eigenvalue weighted by Crippen LogP contribution is -2.42. The second-order valence-corrected chi connectivity index (χ2v) is 4.75. The van der Waals surface area contributed by atoms with Gasteiger partial charge in [-0.1, -0.05) is 12.8 Å². The van der Waals surface area contributed by atoms with Gasteiger partial charge in [0, 0.05) is 18.5 Å². The minimum atomic E-state index is 0.356. The van der Waals surface area contributed by atoms with E-state index in [0.717, 1.165) is 0 Å². The van der Waals surface area contributed by atoms with Crippen LogP contribution in [0.15, 0.2) is 12.1 Å². The van der Waals surface area contributed by atoms with Crippen molar-refractivity contribution in [2.24, 2.45) is 0 Å². The van der Waals surface area contributed by atoms with E-state index in [4.69, 9.17) is 4.74 Å². The number of methoxy groups -OCH3 is 1. The van der Waals surface area contributed by atoms with Crippen LogP contribution in [0.3, 0.4) is 0 Å². The number of hydrogen-bond donors (Lipinski definition) is 1. The predicted molar refractivity (Wildman–Crippen MR) is 66.3 cm³/mol. The summed E-state index contributed by atoms with van der Waals surface area (Å²) in [7, 11) is 1.82. The first-order valence-electron chi connectivity index (χ1n) is 6.16. The van der Waals surface area contributed by atoms with E-state index in [9.17, 15) is 0 Å². The topological polar surface area (TPSA) is 26.2 Å². The van der Waals surface area contributed by atoms with Crippen molar-refractivity contribution in [2.45, 2.75) is 51.7 Å². The van der Waals surface area contributed by atoms with E-state index < -0.39 is 0 Å². The summed E-state index contributed by atoms with van der Waals surface area (Å²) in [5.41, 5.74) is 6.11. The Bertz CT molecular complexity index is 326. The van der Waals surface area contributed by atoms with Crippen LogP contribution in [0, 0.1) is 13.8 Å². The molecule has 1 saturated carbocycles. The first kappa shape index (κ1) is 11.5. The van der Waals surface area contributed by atoms with E-state index >= 15 is 0 Å². The summed E-state index contributed by atoms with van der Waals surface area (Å²) in [6.07, 6.45) is 5.33. The third kappa shape index (κ3) is 2.24. The summed E-state index contributed by atoms with van der Waals surface area (Å²) in [5, 5.41) is 0. The Balaban J connectivity index is 2.07. The maximum atomic E-state index is 5.56. The Morgan fingerprint density at radius 2 is 1.81 bits per heavy atom. The Kier molecular flexibility index (Phi) is 3.54. The zero-order chi connectivity index (χ0) is 11.5. The number of hydrogen-bond acceptors (Lipinski definition) is 2. The number of aryl methyl sites for hydroxylation is 2. The molecule has 1 aliphatic rings. The molecule has 0 aromatic carbocycles. The minimum Gasteiger partial charge on any atom is -0.379 e. The lowest BCUT2D eigenvalue weighted by molar-refractivity contribution is 0.0568. The molecule has 1 heterocycles. The molecule has 0 aliphatic heterocycles. The van der Waals surface area contributed by atoms with Crippen molar-refractivity contribution in [3.63, 3.8) is 0 Å². The molecule has 2 atom stereocenters. The number of ether oxygens (including phenoxy) is 1. The minimum absolute atomic E-state index is 0.356. The van der Waals surface area contributed by atoms with E-state index in [1.54, 1.807) is 0 Å². The highest BCUT2D eigenvalue weighted by molar-refractivity contribution is 5.16. The fourth-order valence-corrected chi connectivity index (χ4v) is 2.56. The molecular weight excluding hydrogens is 200 g/mol. The van der Waals surface area contributed by atoms with Crippen LogP contribution in [0.2, 0.25) is 0 Å².